The van der Waals surface area contributed by atoms with E-state index in [0.29, 0.717) is 30.4 Å². The van der Waals surface area contributed by atoms with Crippen molar-refractivity contribution in [1.29, 1.82) is 0 Å². The summed E-state index contributed by atoms with van der Waals surface area (Å²) >= 11 is 0. The van der Waals surface area contributed by atoms with Gasteiger partial charge in [0.25, 0.3) is 5.91 Å². The standard InChI is InChI=1S/C20H23F2NO4/c1-3-11-25-17-10-9-14(13-18(17)26-12-4-2)23-19(24)15-7-5-6-8-16(15)27-20(21)22/h5-10,13,20H,3-4,11-12H2,1-2H3,(H,23,24). The van der Waals surface area contributed by atoms with E-state index >= 15 is 0 Å². The highest BCUT2D eigenvalue weighted by Gasteiger charge is 2.16. The van der Waals surface area contributed by atoms with Crippen molar-refractivity contribution in [3.63, 3.8) is 0 Å². The number of nitrogens with one attached hydrogen (secondary N) is 1. The zero-order valence-corrected chi connectivity index (χ0v) is 15.3. The van der Waals surface area contributed by atoms with Crippen molar-refractivity contribution in [1.82, 2.24) is 0 Å². The van der Waals surface area contributed by atoms with E-state index in [2.05, 4.69) is 10.1 Å². The number of hydrogen-bond donors (Lipinski definition) is 1. The second kappa shape index (κ2) is 10.4. The maximum Gasteiger partial charge on any atom is 0.387 e. The average molecular weight is 379 g/mol. The number of rotatable bonds is 10. The van der Waals surface area contributed by atoms with Gasteiger partial charge < -0.3 is 19.5 Å². The zero-order valence-electron chi connectivity index (χ0n) is 15.3. The predicted molar refractivity (Wildman–Crippen MR) is 99.0 cm³/mol. The number of amides is 1. The summed E-state index contributed by atoms with van der Waals surface area (Å²) < 4.78 is 40.8. The molecule has 0 saturated carbocycles. The van der Waals surface area contributed by atoms with Crippen LogP contribution in [0.25, 0.3) is 0 Å². The van der Waals surface area contributed by atoms with Crippen LogP contribution in [0.5, 0.6) is 17.2 Å². The molecule has 146 valence electrons. The van der Waals surface area contributed by atoms with Gasteiger partial charge in [0.05, 0.1) is 18.8 Å². The molecular formula is C20H23F2NO4. The van der Waals surface area contributed by atoms with Crippen LogP contribution in [-0.4, -0.2) is 25.7 Å². The lowest BCUT2D eigenvalue weighted by Gasteiger charge is -2.15. The lowest BCUT2D eigenvalue weighted by atomic mass is 10.2. The van der Waals surface area contributed by atoms with E-state index in [0.717, 1.165) is 12.8 Å². The Morgan fingerprint density at radius 3 is 2.30 bits per heavy atom. The van der Waals surface area contributed by atoms with Gasteiger partial charge in [0.1, 0.15) is 5.75 Å². The second-order valence-electron chi connectivity index (χ2n) is 5.69. The Kier molecular flexibility index (Phi) is 7.85. The molecular weight excluding hydrogens is 356 g/mol. The van der Waals surface area contributed by atoms with Crippen LogP contribution in [0.15, 0.2) is 42.5 Å². The molecule has 0 atom stereocenters. The van der Waals surface area contributed by atoms with Gasteiger partial charge in [-0.3, -0.25) is 4.79 Å². The molecule has 2 aromatic carbocycles. The fourth-order valence-corrected chi connectivity index (χ4v) is 2.29. The molecule has 0 fully saturated rings. The molecule has 0 radical (unpaired) electrons. The van der Waals surface area contributed by atoms with E-state index in [1.54, 1.807) is 24.3 Å². The number of halogens is 2. The highest BCUT2D eigenvalue weighted by Crippen LogP contribution is 2.31. The molecule has 0 bridgehead atoms. The smallest absolute Gasteiger partial charge is 0.387 e. The Hall–Kier alpha value is -2.83. The van der Waals surface area contributed by atoms with Crippen molar-refractivity contribution in [2.24, 2.45) is 0 Å². The molecule has 0 saturated heterocycles. The fourth-order valence-electron chi connectivity index (χ4n) is 2.29. The number of benzene rings is 2. The predicted octanol–water partition coefficient (Wildman–Crippen LogP) is 5.12. The van der Waals surface area contributed by atoms with Crippen molar-refractivity contribution in [2.45, 2.75) is 33.3 Å². The van der Waals surface area contributed by atoms with Crippen LogP contribution in [0.2, 0.25) is 0 Å². The Labute approximate surface area is 157 Å². The first-order valence-corrected chi connectivity index (χ1v) is 8.80. The average Bonchev–Trinajstić information content (AvgIpc) is 2.65. The van der Waals surface area contributed by atoms with E-state index in [9.17, 15) is 13.6 Å². The van der Waals surface area contributed by atoms with E-state index in [1.165, 1.54) is 18.2 Å². The number of anilines is 1. The highest BCUT2D eigenvalue weighted by molar-refractivity contribution is 6.06. The summed E-state index contributed by atoms with van der Waals surface area (Å²) in [6.45, 7) is 2.03. The van der Waals surface area contributed by atoms with Crippen molar-refractivity contribution >= 4 is 11.6 Å². The van der Waals surface area contributed by atoms with Gasteiger partial charge in [-0.15, -0.1) is 0 Å². The number of ether oxygens (including phenoxy) is 3. The molecule has 0 spiro atoms. The molecule has 1 N–H and O–H groups in total. The third-order valence-electron chi connectivity index (χ3n) is 3.47. The summed E-state index contributed by atoms with van der Waals surface area (Å²) in [7, 11) is 0. The van der Waals surface area contributed by atoms with Crippen LogP contribution in [0.4, 0.5) is 14.5 Å². The Balaban J connectivity index is 2.20. The number of alkyl halides is 2. The van der Waals surface area contributed by atoms with Gasteiger partial charge in [-0.05, 0) is 37.1 Å². The number of carbonyl (C=O) groups is 1. The summed E-state index contributed by atoms with van der Waals surface area (Å²) in [6, 6.07) is 10.8. The van der Waals surface area contributed by atoms with Crippen LogP contribution in [0, 0.1) is 0 Å². The van der Waals surface area contributed by atoms with Crippen LogP contribution in [0.3, 0.4) is 0 Å². The highest BCUT2D eigenvalue weighted by atomic mass is 19.3. The second-order valence-corrected chi connectivity index (χ2v) is 5.69. The molecule has 1 amide bonds. The Bertz CT molecular complexity index is 753. The zero-order chi connectivity index (χ0) is 19.6. The van der Waals surface area contributed by atoms with Crippen LogP contribution >= 0.6 is 0 Å². The third kappa shape index (κ3) is 6.13. The van der Waals surface area contributed by atoms with Crippen molar-refractivity contribution < 1.29 is 27.8 Å². The molecule has 0 aliphatic rings. The topological polar surface area (TPSA) is 56.8 Å². The molecule has 0 aliphatic carbocycles. The molecule has 7 heteroatoms. The van der Waals surface area contributed by atoms with Crippen LogP contribution in [0.1, 0.15) is 37.0 Å². The number of hydrogen-bond acceptors (Lipinski definition) is 4. The van der Waals surface area contributed by atoms with Crippen molar-refractivity contribution in [3.05, 3.63) is 48.0 Å². The number of para-hydroxylation sites is 1. The monoisotopic (exact) mass is 379 g/mol. The largest absolute Gasteiger partial charge is 0.490 e. The quantitative estimate of drug-likeness (QED) is 0.623. The first-order valence-electron chi connectivity index (χ1n) is 8.80. The summed E-state index contributed by atoms with van der Waals surface area (Å²) in [5.74, 6) is 0.357. The lowest BCUT2D eigenvalue weighted by molar-refractivity contribution is -0.0501. The minimum Gasteiger partial charge on any atom is -0.490 e. The van der Waals surface area contributed by atoms with Crippen molar-refractivity contribution in [2.75, 3.05) is 18.5 Å². The van der Waals surface area contributed by atoms with Crippen LogP contribution in [-0.2, 0) is 0 Å². The summed E-state index contributed by atoms with van der Waals surface area (Å²) in [5.41, 5.74) is 0.474. The van der Waals surface area contributed by atoms with Gasteiger partial charge in [0, 0.05) is 11.8 Å². The lowest BCUT2D eigenvalue weighted by Crippen LogP contribution is -2.15. The fraction of sp³-hybridized carbons (Fsp3) is 0.350. The molecule has 0 aliphatic heterocycles. The van der Waals surface area contributed by atoms with Crippen LogP contribution < -0.4 is 19.5 Å². The molecule has 27 heavy (non-hydrogen) atoms. The SMILES string of the molecule is CCCOc1ccc(NC(=O)c2ccccc2OC(F)F)cc1OCCC. The van der Waals surface area contributed by atoms with Gasteiger partial charge in [-0.25, -0.2) is 0 Å². The molecule has 0 heterocycles. The van der Waals surface area contributed by atoms with E-state index in [-0.39, 0.29) is 11.3 Å². The molecule has 2 rings (SSSR count). The maximum absolute atomic E-state index is 12.5. The minimum absolute atomic E-state index is 0.0140. The van der Waals surface area contributed by atoms with E-state index in [4.69, 9.17) is 9.47 Å². The normalized spacial score (nSPS) is 10.6. The summed E-state index contributed by atoms with van der Waals surface area (Å²) in [5, 5.41) is 2.67. The summed E-state index contributed by atoms with van der Waals surface area (Å²) in [6.07, 6.45) is 1.68. The van der Waals surface area contributed by atoms with Gasteiger partial charge in [0.15, 0.2) is 11.5 Å². The Morgan fingerprint density at radius 1 is 0.963 bits per heavy atom. The molecule has 0 aromatic heterocycles. The van der Waals surface area contributed by atoms with E-state index < -0.39 is 12.5 Å². The Morgan fingerprint density at radius 2 is 1.63 bits per heavy atom. The first kappa shape index (κ1) is 20.5. The van der Waals surface area contributed by atoms with E-state index in [1.807, 2.05) is 13.8 Å². The summed E-state index contributed by atoms with van der Waals surface area (Å²) in [4.78, 5) is 12.5. The third-order valence-corrected chi connectivity index (χ3v) is 3.47. The van der Waals surface area contributed by atoms with Crippen molar-refractivity contribution in [3.8, 4) is 17.2 Å². The number of carbonyl (C=O) groups excluding carboxylic acids is 1. The van der Waals surface area contributed by atoms with Gasteiger partial charge >= 0.3 is 6.61 Å². The minimum atomic E-state index is -3.01. The molecule has 2 aromatic rings. The first-order chi connectivity index (χ1) is 13.0. The van der Waals surface area contributed by atoms with Gasteiger partial charge in [-0.2, -0.15) is 8.78 Å². The van der Waals surface area contributed by atoms with Gasteiger partial charge in [-0.1, -0.05) is 26.0 Å². The molecule has 5 nitrogen and oxygen atoms in total. The maximum atomic E-state index is 12.5. The van der Waals surface area contributed by atoms with Gasteiger partial charge in [0.2, 0.25) is 0 Å². The molecule has 0 unspecified atom stereocenters.